The van der Waals surface area contributed by atoms with E-state index in [0.717, 1.165) is 11.4 Å². The number of hydrogen-bond acceptors (Lipinski definition) is 1. The number of rotatable bonds is 2. The van der Waals surface area contributed by atoms with E-state index in [9.17, 15) is 0 Å². The molecule has 0 unspecified atom stereocenters. The highest BCUT2D eigenvalue weighted by Crippen LogP contribution is 2.17. The molecule has 2 rings (SSSR count). The molecule has 0 atom stereocenters. The van der Waals surface area contributed by atoms with Gasteiger partial charge in [0, 0.05) is 18.1 Å². The van der Waals surface area contributed by atoms with Crippen LogP contribution in [0, 0.1) is 0 Å². The zero-order chi connectivity index (χ0) is 9.10. The van der Waals surface area contributed by atoms with Crippen LogP contribution in [0.1, 0.15) is 0 Å². The fourth-order valence-corrected chi connectivity index (χ4v) is 1.19. The Bertz CT molecular complexity index is 362. The minimum atomic E-state index is 0.990. The highest BCUT2D eigenvalue weighted by atomic mass is 15.0. The maximum atomic E-state index is 4.07. The topological polar surface area (TPSA) is 31.9 Å². The van der Waals surface area contributed by atoms with Crippen LogP contribution < -0.4 is 0 Å². The van der Waals surface area contributed by atoms with Crippen molar-refractivity contribution in [3.05, 3.63) is 48.3 Å². The number of hydrogen-bond donors (Lipinski definition) is 0. The lowest BCUT2D eigenvalue weighted by Crippen LogP contribution is -1.87. The van der Waals surface area contributed by atoms with Gasteiger partial charge in [-0.15, -0.1) is 12.7 Å². The van der Waals surface area contributed by atoms with Crippen LogP contribution in [0.5, 0.6) is 0 Å². The molecule has 66 valence electrons. The molecule has 3 nitrogen and oxygen atoms in total. The smallest absolute Gasteiger partial charge is 0.0991 e. The molecule has 1 heterocycles. The van der Waals surface area contributed by atoms with Gasteiger partial charge in [0.25, 0.3) is 0 Å². The summed E-state index contributed by atoms with van der Waals surface area (Å²) in [5.41, 5.74) is 2.09. The molecule has 0 fully saturated rings. The van der Waals surface area contributed by atoms with Gasteiger partial charge in [0.2, 0.25) is 0 Å². The van der Waals surface area contributed by atoms with Crippen molar-refractivity contribution in [3.63, 3.8) is 0 Å². The molecule has 2 aromatic rings. The van der Waals surface area contributed by atoms with Crippen molar-refractivity contribution in [2.75, 3.05) is 7.05 Å². The Labute approximate surface area is 77.0 Å². The highest BCUT2D eigenvalue weighted by Gasteiger charge is 1.91. The molecule has 1 aromatic heterocycles. The molecular weight excluding hydrogens is 162 g/mol. The first-order valence-electron chi connectivity index (χ1n) is 4.08. The molecule has 0 saturated heterocycles. The lowest BCUT2D eigenvalue weighted by atomic mass is 10.3. The van der Waals surface area contributed by atoms with Gasteiger partial charge in [-0.2, -0.15) is 0 Å². The second kappa shape index (κ2) is 3.31. The van der Waals surface area contributed by atoms with E-state index in [0.29, 0.717) is 0 Å². The molecule has 13 heavy (non-hydrogen) atoms. The third-order valence-corrected chi connectivity index (χ3v) is 1.91. The van der Waals surface area contributed by atoms with Crippen molar-refractivity contribution in [3.8, 4) is 5.69 Å². The third kappa shape index (κ3) is 1.54. The van der Waals surface area contributed by atoms with Crippen molar-refractivity contribution in [1.82, 2.24) is 9.55 Å². The zero-order valence-corrected chi connectivity index (χ0v) is 7.38. The summed E-state index contributed by atoms with van der Waals surface area (Å²) in [7, 11) is 1.78. The summed E-state index contributed by atoms with van der Waals surface area (Å²) < 4.78 is 1.96. The molecule has 0 aliphatic rings. The first kappa shape index (κ1) is 7.86. The molecular formula is C10H10N3-. The van der Waals surface area contributed by atoms with Crippen LogP contribution in [0.25, 0.3) is 11.0 Å². The van der Waals surface area contributed by atoms with Crippen molar-refractivity contribution < 1.29 is 0 Å². The summed E-state index contributed by atoms with van der Waals surface area (Å²) in [5.74, 6) is 0. The summed E-state index contributed by atoms with van der Waals surface area (Å²) in [6, 6.07) is 8.00. The van der Waals surface area contributed by atoms with Gasteiger partial charge in [-0.05, 0) is 12.1 Å². The molecule has 1 aromatic carbocycles. The summed E-state index contributed by atoms with van der Waals surface area (Å²) in [5, 5.41) is 4.07. The average Bonchev–Trinajstić information content (AvgIpc) is 2.71. The molecule has 0 amide bonds. The minimum absolute atomic E-state index is 0.990. The Morgan fingerprint density at radius 1 is 1.23 bits per heavy atom. The van der Waals surface area contributed by atoms with Crippen molar-refractivity contribution in [1.29, 1.82) is 0 Å². The summed E-state index contributed by atoms with van der Waals surface area (Å²) in [6.45, 7) is 0. The average molecular weight is 172 g/mol. The monoisotopic (exact) mass is 172 g/mol. The summed E-state index contributed by atoms with van der Waals surface area (Å²) in [4.78, 5) is 3.98. The van der Waals surface area contributed by atoms with Gasteiger partial charge in [-0.1, -0.05) is 12.1 Å². The van der Waals surface area contributed by atoms with E-state index in [2.05, 4.69) is 10.3 Å². The second-order valence-corrected chi connectivity index (χ2v) is 2.71. The van der Waals surface area contributed by atoms with E-state index < -0.39 is 0 Å². The number of imidazole rings is 1. The summed E-state index contributed by atoms with van der Waals surface area (Å²) in [6.07, 6.45) is 5.45. The molecule has 0 aliphatic carbocycles. The third-order valence-electron chi connectivity index (χ3n) is 1.91. The maximum absolute atomic E-state index is 4.07. The van der Waals surface area contributed by atoms with Gasteiger partial charge in [-0.3, -0.25) is 0 Å². The van der Waals surface area contributed by atoms with Crippen LogP contribution in [0.4, 0.5) is 5.69 Å². The zero-order valence-electron chi connectivity index (χ0n) is 7.38. The van der Waals surface area contributed by atoms with Crippen LogP contribution >= 0.6 is 0 Å². The molecule has 0 spiro atoms. The lowest BCUT2D eigenvalue weighted by molar-refractivity contribution is 1.06. The molecule has 0 radical (unpaired) electrons. The Morgan fingerprint density at radius 3 is 2.54 bits per heavy atom. The Hall–Kier alpha value is -1.77. The molecule has 3 heteroatoms. The highest BCUT2D eigenvalue weighted by molar-refractivity contribution is 5.51. The maximum Gasteiger partial charge on any atom is 0.0991 e. The van der Waals surface area contributed by atoms with Gasteiger partial charge in [0.1, 0.15) is 0 Å². The molecule has 0 aliphatic heterocycles. The number of aromatic nitrogens is 2. The fourth-order valence-electron chi connectivity index (χ4n) is 1.19. The van der Waals surface area contributed by atoms with Crippen LogP contribution in [0.3, 0.4) is 0 Å². The van der Waals surface area contributed by atoms with E-state index in [1.165, 1.54) is 0 Å². The van der Waals surface area contributed by atoms with E-state index in [-0.39, 0.29) is 0 Å². The second-order valence-electron chi connectivity index (χ2n) is 2.71. The van der Waals surface area contributed by atoms with Crippen molar-refractivity contribution >= 4 is 5.69 Å². The first-order chi connectivity index (χ1) is 6.40. The standard InChI is InChI=1S/C10H10N3/c1-11-9-2-4-10(5-3-9)13-7-6-12-8-13/h2-8H,1H3/q-1. The Morgan fingerprint density at radius 2 is 2.00 bits per heavy atom. The summed E-state index contributed by atoms with van der Waals surface area (Å²) >= 11 is 0. The number of benzene rings is 1. The predicted octanol–water partition coefficient (Wildman–Crippen LogP) is 2.51. The van der Waals surface area contributed by atoms with Crippen LogP contribution in [0.15, 0.2) is 43.0 Å². The van der Waals surface area contributed by atoms with Crippen LogP contribution in [-0.2, 0) is 0 Å². The van der Waals surface area contributed by atoms with Crippen LogP contribution in [-0.4, -0.2) is 16.6 Å². The molecule has 0 saturated carbocycles. The normalized spacial score (nSPS) is 9.92. The van der Waals surface area contributed by atoms with Crippen molar-refractivity contribution in [2.24, 2.45) is 0 Å². The predicted molar refractivity (Wildman–Crippen MR) is 52.5 cm³/mol. The Balaban J connectivity index is 2.33. The first-order valence-corrected chi connectivity index (χ1v) is 4.08. The molecule has 0 N–H and O–H groups in total. The van der Waals surface area contributed by atoms with Gasteiger partial charge >= 0.3 is 0 Å². The van der Waals surface area contributed by atoms with E-state index in [1.807, 2.05) is 35.0 Å². The van der Waals surface area contributed by atoms with E-state index in [1.54, 1.807) is 19.6 Å². The quantitative estimate of drug-likeness (QED) is 0.684. The van der Waals surface area contributed by atoms with Crippen molar-refractivity contribution in [2.45, 2.75) is 0 Å². The van der Waals surface area contributed by atoms with E-state index >= 15 is 0 Å². The van der Waals surface area contributed by atoms with Gasteiger partial charge in [-0.25, -0.2) is 4.98 Å². The fraction of sp³-hybridized carbons (Fsp3) is 0.100. The van der Waals surface area contributed by atoms with Crippen LogP contribution in [0.2, 0.25) is 0 Å². The largest absolute Gasteiger partial charge is 0.687 e. The minimum Gasteiger partial charge on any atom is -0.687 e. The SMILES string of the molecule is C[N-]c1ccc(-n2ccnc2)cc1. The van der Waals surface area contributed by atoms with Gasteiger partial charge in [0.15, 0.2) is 0 Å². The lowest BCUT2D eigenvalue weighted by Gasteiger charge is -2.13. The Kier molecular flexibility index (Phi) is 2.00. The van der Waals surface area contributed by atoms with E-state index in [4.69, 9.17) is 0 Å². The van der Waals surface area contributed by atoms with Gasteiger partial charge < -0.3 is 9.88 Å². The van der Waals surface area contributed by atoms with Gasteiger partial charge in [0.05, 0.1) is 6.33 Å². The molecule has 0 bridgehead atoms. The number of nitrogens with zero attached hydrogens (tertiary/aromatic N) is 3.